The molecule has 8 heteroatoms. The van der Waals surface area contributed by atoms with Crippen LogP contribution in [0, 0.1) is 6.92 Å². The fraction of sp³-hybridized carbons (Fsp3) is 0.217. The molecule has 0 bridgehead atoms. The normalized spacial score (nSPS) is 11.6. The van der Waals surface area contributed by atoms with E-state index in [1.807, 2.05) is 31.2 Å². The van der Waals surface area contributed by atoms with Crippen molar-refractivity contribution in [3.8, 4) is 0 Å². The number of carbonyl (C=O) groups is 1. The number of sulfone groups is 1. The first-order valence-corrected chi connectivity index (χ1v) is 12.4. The summed E-state index contributed by atoms with van der Waals surface area (Å²) >= 11 is 1.43. The van der Waals surface area contributed by atoms with Crippen molar-refractivity contribution in [2.24, 2.45) is 0 Å². The summed E-state index contributed by atoms with van der Waals surface area (Å²) in [5.74, 6) is 0.366. The molecular formula is C23H22N2O4S2. The number of hydrogen-bond donors (Lipinski definition) is 0. The number of rotatable bonds is 8. The van der Waals surface area contributed by atoms with Crippen molar-refractivity contribution in [2.75, 3.05) is 10.7 Å². The Morgan fingerprint density at radius 3 is 2.55 bits per heavy atom. The molecule has 0 unspecified atom stereocenters. The predicted octanol–water partition coefficient (Wildman–Crippen LogP) is 4.99. The second-order valence-electron chi connectivity index (χ2n) is 7.26. The van der Waals surface area contributed by atoms with Gasteiger partial charge < -0.3 is 4.42 Å². The average Bonchev–Trinajstić information content (AvgIpc) is 3.41. The molecule has 160 valence electrons. The number of furan rings is 1. The molecule has 4 rings (SSSR count). The molecule has 2 aromatic heterocycles. The van der Waals surface area contributed by atoms with Gasteiger partial charge in [0.1, 0.15) is 5.76 Å². The van der Waals surface area contributed by atoms with Gasteiger partial charge in [0.2, 0.25) is 5.91 Å². The van der Waals surface area contributed by atoms with E-state index in [1.54, 1.807) is 47.6 Å². The van der Waals surface area contributed by atoms with Crippen molar-refractivity contribution >= 4 is 42.4 Å². The Labute approximate surface area is 185 Å². The summed E-state index contributed by atoms with van der Waals surface area (Å²) in [6.07, 6.45) is 1.89. The van der Waals surface area contributed by atoms with Gasteiger partial charge in [-0.15, -0.1) is 0 Å². The van der Waals surface area contributed by atoms with Gasteiger partial charge in [-0.25, -0.2) is 13.4 Å². The number of hydrogen-bond acceptors (Lipinski definition) is 6. The molecule has 31 heavy (non-hydrogen) atoms. The van der Waals surface area contributed by atoms with Crippen LogP contribution in [0.15, 0.2) is 76.2 Å². The van der Waals surface area contributed by atoms with Crippen molar-refractivity contribution in [3.63, 3.8) is 0 Å². The van der Waals surface area contributed by atoms with Gasteiger partial charge in [-0.2, -0.15) is 0 Å². The van der Waals surface area contributed by atoms with E-state index in [9.17, 15) is 13.2 Å². The zero-order valence-electron chi connectivity index (χ0n) is 17.0. The SMILES string of the molecule is Cc1ccc(S(=O)(=O)CCCC(=O)N(Cc2ccco2)c2nc3ccccc3s2)cc1. The first-order valence-electron chi connectivity index (χ1n) is 9.90. The van der Waals surface area contributed by atoms with Gasteiger partial charge in [-0.3, -0.25) is 9.69 Å². The molecular weight excluding hydrogens is 432 g/mol. The number of aromatic nitrogens is 1. The molecule has 4 aromatic rings. The number of carbonyl (C=O) groups excluding carboxylic acids is 1. The van der Waals surface area contributed by atoms with Gasteiger partial charge in [0.15, 0.2) is 15.0 Å². The zero-order valence-corrected chi connectivity index (χ0v) is 18.7. The van der Waals surface area contributed by atoms with E-state index in [2.05, 4.69) is 4.98 Å². The van der Waals surface area contributed by atoms with Gasteiger partial charge in [0.25, 0.3) is 0 Å². The lowest BCUT2D eigenvalue weighted by atomic mass is 10.2. The van der Waals surface area contributed by atoms with E-state index in [0.29, 0.717) is 10.9 Å². The Kier molecular flexibility index (Phi) is 6.20. The monoisotopic (exact) mass is 454 g/mol. The van der Waals surface area contributed by atoms with Crippen LogP contribution in [0.3, 0.4) is 0 Å². The molecule has 0 atom stereocenters. The highest BCUT2D eigenvalue weighted by atomic mass is 32.2. The quantitative estimate of drug-likeness (QED) is 0.375. The van der Waals surface area contributed by atoms with Gasteiger partial charge in [-0.05, 0) is 49.7 Å². The molecule has 0 aliphatic heterocycles. The highest BCUT2D eigenvalue weighted by molar-refractivity contribution is 7.91. The van der Waals surface area contributed by atoms with Crippen LogP contribution in [-0.2, 0) is 21.2 Å². The van der Waals surface area contributed by atoms with Crippen molar-refractivity contribution in [1.82, 2.24) is 4.98 Å². The Hall–Kier alpha value is -2.97. The third-order valence-electron chi connectivity index (χ3n) is 4.89. The Bertz CT molecular complexity index is 1240. The second-order valence-corrected chi connectivity index (χ2v) is 10.4. The molecule has 2 aromatic carbocycles. The highest BCUT2D eigenvalue weighted by Crippen LogP contribution is 2.30. The van der Waals surface area contributed by atoms with Crippen LogP contribution in [0.25, 0.3) is 10.2 Å². The molecule has 0 fully saturated rings. The second kappa shape index (κ2) is 9.03. The Morgan fingerprint density at radius 1 is 1.06 bits per heavy atom. The smallest absolute Gasteiger partial charge is 0.229 e. The number of benzene rings is 2. The van der Waals surface area contributed by atoms with Crippen LogP contribution >= 0.6 is 11.3 Å². The van der Waals surface area contributed by atoms with E-state index in [4.69, 9.17) is 4.42 Å². The maximum absolute atomic E-state index is 13.1. The largest absolute Gasteiger partial charge is 0.467 e. The molecule has 6 nitrogen and oxygen atoms in total. The van der Waals surface area contributed by atoms with E-state index < -0.39 is 9.84 Å². The molecule has 0 N–H and O–H groups in total. The first kappa shape index (κ1) is 21.3. The molecule has 0 aliphatic carbocycles. The fourth-order valence-corrected chi connectivity index (χ4v) is 5.50. The third kappa shape index (κ3) is 5.03. The molecule has 2 heterocycles. The van der Waals surface area contributed by atoms with Crippen LogP contribution in [0.1, 0.15) is 24.2 Å². The lowest BCUT2D eigenvalue weighted by molar-refractivity contribution is -0.118. The molecule has 0 spiro atoms. The van der Waals surface area contributed by atoms with Crippen LogP contribution in [0.5, 0.6) is 0 Å². The van der Waals surface area contributed by atoms with Crippen molar-refractivity contribution in [2.45, 2.75) is 31.2 Å². The van der Waals surface area contributed by atoms with Crippen molar-refractivity contribution < 1.29 is 17.6 Å². The molecule has 0 aliphatic rings. The maximum atomic E-state index is 13.1. The standard InChI is InChI=1S/C23H22N2O4S2/c1-17-10-12-19(13-11-17)31(27,28)15-5-9-22(26)25(16-18-6-4-14-29-18)23-24-20-7-2-3-8-21(20)30-23/h2-4,6-8,10-14H,5,9,15-16H2,1H3. The van der Waals surface area contributed by atoms with E-state index in [1.165, 1.54) is 11.3 Å². The Morgan fingerprint density at radius 2 is 1.84 bits per heavy atom. The minimum Gasteiger partial charge on any atom is -0.467 e. The third-order valence-corrected chi connectivity index (χ3v) is 7.77. The number of para-hydroxylation sites is 1. The van der Waals surface area contributed by atoms with Gasteiger partial charge in [0.05, 0.1) is 33.7 Å². The summed E-state index contributed by atoms with van der Waals surface area (Å²) in [5.41, 5.74) is 1.82. The van der Waals surface area contributed by atoms with Gasteiger partial charge in [-0.1, -0.05) is 41.2 Å². The van der Waals surface area contributed by atoms with E-state index in [0.717, 1.165) is 15.8 Å². The molecule has 0 saturated heterocycles. The van der Waals surface area contributed by atoms with E-state index >= 15 is 0 Å². The number of anilines is 1. The van der Waals surface area contributed by atoms with E-state index in [-0.39, 0.29) is 35.9 Å². The lowest BCUT2D eigenvalue weighted by Crippen LogP contribution is -2.30. The maximum Gasteiger partial charge on any atom is 0.229 e. The minimum atomic E-state index is -3.44. The summed E-state index contributed by atoms with van der Waals surface area (Å²) < 4.78 is 31.6. The molecule has 0 radical (unpaired) electrons. The first-order chi connectivity index (χ1) is 14.9. The summed E-state index contributed by atoms with van der Waals surface area (Å²) in [5, 5.41) is 0.573. The summed E-state index contributed by atoms with van der Waals surface area (Å²) in [6.45, 7) is 2.15. The highest BCUT2D eigenvalue weighted by Gasteiger charge is 2.22. The van der Waals surface area contributed by atoms with Crippen LogP contribution in [0.2, 0.25) is 0 Å². The minimum absolute atomic E-state index is 0.0871. The predicted molar refractivity (Wildman–Crippen MR) is 122 cm³/mol. The lowest BCUT2D eigenvalue weighted by Gasteiger charge is -2.18. The summed E-state index contributed by atoms with van der Waals surface area (Å²) in [6, 6.07) is 18.0. The fourth-order valence-electron chi connectivity index (χ4n) is 3.21. The van der Waals surface area contributed by atoms with Crippen LogP contribution in [0.4, 0.5) is 5.13 Å². The molecule has 0 saturated carbocycles. The van der Waals surface area contributed by atoms with Gasteiger partial charge in [0, 0.05) is 6.42 Å². The number of aryl methyl sites for hydroxylation is 1. The van der Waals surface area contributed by atoms with Crippen molar-refractivity contribution in [3.05, 3.63) is 78.3 Å². The molecule has 1 amide bonds. The summed E-state index contributed by atoms with van der Waals surface area (Å²) in [4.78, 5) is 19.5. The number of nitrogens with zero attached hydrogens (tertiary/aromatic N) is 2. The van der Waals surface area contributed by atoms with Crippen molar-refractivity contribution in [1.29, 1.82) is 0 Å². The summed E-state index contributed by atoms with van der Waals surface area (Å²) in [7, 11) is -3.44. The van der Waals surface area contributed by atoms with Gasteiger partial charge >= 0.3 is 0 Å². The number of fused-ring (bicyclic) bond motifs is 1. The van der Waals surface area contributed by atoms with Crippen LogP contribution < -0.4 is 4.90 Å². The topological polar surface area (TPSA) is 80.5 Å². The average molecular weight is 455 g/mol. The van der Waals surface area contributed by atoms with Crippen LogP contribution in [-0.4, -0.2) is 25.1 Å². The zero-order chi connectivity index (χ0) is 21.8. The number of thiazole rings is 1. The Balaban J connectivity index is 1.48. The number of amides is 1.